The highest BCUT2D eigenvalue weighted by atomic mass is 32.2. The van der Waals surface area contributed by atoms with E-state index in [1.807, 2.05) is 0 Å². The Balaban J connectivity index is 1.74. The molecule has 4 rings (SSSR count). The molecular weight excluding hydrogens is 463 g/mol. The molecule has 1 aliphatic carbocycles. The molecule has 0 bridgehead atoms. The molecule has 0 saturated heterocycles. The number of hydrogen-bond donors (Lipinski definition) is 2. The van der Waals surface area contributed by atoms with Gasteiger partial charge in [0, 0.05) is 10.9 Å². The van der Waals surface area contributed by atoms with E-state index in [9.17, 15) is 18.8 Å². The molecule has 33 heavy (non-hydrogen) atoms. The molecule has 7 nitrogen and oxygen atoms in total. The molecule has 3 amide bonds. The van der Waals surface area contributed by atoms with E-state index in [0.29, 0.717) is 16.1 Å². The van der Waals surface area contributed by atoms with E-state index in [0.717, 1.165) is 41.5 Å². The molecule has 1 aromatic carbocycles. The van der Waals surface area contributed by atoms with Crippen LogP contribution in [-0.2, 0) is 17.6 Å². The van der Waals surface area contributed by atoms with Crippen LogP contribution in [0.5, 0.6) is 0 Å². The van der Waals surface area contributed by atoms with E-state index in [4.69, 9.17) is 0 Å². The molecule has 0 unspecified atom stereocenters. The summed E-state index contributed by atoms with van der Waals surface area (Å²) in [5.41, 5.74) is 0.759. The number of para-hydroxylation sites is 1. The van der Waals surface area contributed by atoms with Gasteiger partial charge in [-0.15, -0.1) is 11.3 Å². The van der Waals surface area contributed by atoms with Crippen molar-refractivity contribution in [2.75, 3.05) is 5.75 Å². The Morgan fingerprint density at radius 3 is 2.82 bits per heavy atom. The third-order valence-electron chi connectivity index (χ3n) is 5.40. The molecule has 2 aromatic heterocycles. The highest BCUT2D eigenvalue weighted by Crippen LogP contribution is 2.37. The molecule has 10 heteroatoms. The van der Waals surface area contributed by atoms with Crippen LogP contribution in [0.4, 0.5) is 9.18 Å². The van der Waals surface area contributed by atoms with Gasteiger partial charge in [0.1, 0.15) is 10.6 Å². The van der Waals surface area contributed by atoms with Crippen LogP contribution < -0.4 is 16.2 Å². The quantitative estimate of drug-likeness (QED) is 0.418. The fraction of sp³-hybridized carbons (Fsp3) is 0.391. The number of thioether (sulfide) groups is 1. The van der Waals surface area contributed by atoms with Crippen LogP contribution in [0.2, 0.25) is 0 Å². The summed E-state index contributed by atoms with van der Waals surface area (Å²) >= 11 is 2.49. The van der Waals surface area contributed by atoms with Gasteiger partial charge < -0.3 is 5.32 Å². The largest absolute Gasteiger partial charge is 0.336 e. The van der Waals surface area contributed by atoms with Crippen LogP contribution in [-0.4, -0.2) is 33.3 Å². The average molecular weight is 489 g/mol. The summed E-state index contributed by atoms with van der Waals surface area (Å²) in [6.45, 7) is 5.76. The maximum Gasteiger partial charge on any atom is 0.321 e. The molecule has 0 spiro atoms. The van der Waals surface area contributed by atoms with Gasteiger partial charge in [-0.3, -0.25) is 19.5 Å². The molecule has 0 radical (unpaired) electrons. The minimum absolute atomic E-state index is 0.0847. The van der Waals surface area contributed by atoms with Crippen LogP contribution in [0.1, 0.15) is 37.6 Å². The second kappa shape index (κ2) is 9.64. The van der Waals surface area contributed by atoms with E-state index in [-0.39, 0.29) is 28.2 Å². The van der Waals surface area contributed by atoms with Crippen molar-refractivity contribution < 1.29 is 14.0 Å². The first-order valence-corrected chi connectivity index (χ1v) is 12.6. The van der Waals surface area contributed by atoms with Gasteiger partial charge in [-0.1, -0.05) is 30.8 Å². The second-order valence-electron chi connectivity index (χ2n) is 8.48. The monoisotopic (exact) mass is 488 g/mol. The highest BCUT2D eigenvalue weighted by molar-refractivity contribution is 7.99. The van der Waals surface area contributed by atoms with Crippen LogP contribution in [0.15, 0.2) is 34.2 Å². The number of carbonyl (C=O) groups is 2. The predicted molar refractivity (Wildman–Crippen MR) is 129 cm³/mol. The van der Waals surface area contributed by atoms with Crippen molar-refractivity contribution in [1.82, 2.24) is 20.2 Å². The first-order chi connectivity index (χ1) is 15.7. The Bertz CT molecular complexity index is 1280. The van der Waals surface area contributed by atoms with Crippen molar-refractivity contribution >= 4 is 45.3 Å². The maximum atomic E-state index is 14.7. The van der Waals surface area contributed by atoms with Gasteiger partial charge in [-0.25, -0.2) is 14.2 Å². The summed E-state index contributed by atoms with van der Waals surface area (Å²) in [5.74, 6) is -0.707. The molecular formula is C23H25FN4O3S2. The topological polar surface area (TPSA) is 93.1 Å². The van der Waals surface area contributed by atoms with Gasteiger partial charge in [-0.05, 0) is 56.7 Å². The summed E-state index contributed by atoms with van der Waals surface area (Å²) in [5, 5.41) is 5.58. The molecule has 0 aliphatic heterocycles. The fourth-order valence-corrected chi connectivity index (χ4v) is 6.13. The van der Waals surface area contributed by atoms with E-state index in [1.54, 1.807) is 26.0 Å². The number of nitrogens with one attached hydrogen (secondary N) is 2. The van der Waals surface area contributed by atoms with E-state index in [1.165, 1.54) is 28.0 Å². The number of carbonyl (C=O) groups excluding carboxylic acids is 2. The number of fused-ring (bicyclic) bond motifs is 3. The third kappa shape index (κ3) is 4.96. The summed E-state index contributed by atoms with van der Waals surface area (Å²) in [6, 6.07) is 5.30. The second-order valence-corrected chi connectivity index (χ2v) is 10.5. The van der Waals surface area contributed by atoms with Crippen molar-refractivity contribution in [3.05, 3.63) is 50.9 Å². The SMILES string of the molecule is CC(C)NC(=O)NC(=O)CSc1nc2sc3c(c2c(=O)n1-c1ccccc1F)CC[C@H](C)C3. The minimum atomic E-state index is -0.592. The minimum Gasteiger partial charge on any atom is -0.336 e. The Labute approximate surface area is 198 Å². The Kier molecular flexibility index (Phi) is 6.85. The van der Waals surface area contributed by atoms with Crippen molar-refractivity contribution in [2.24, 2.45) is 5.92 Å². The number of thiophene rings is 1. The van der Waals surface area contributed by atoms with Crippen molar-refractivity contribution in [3.8, 4) is 5.69 Å². The lowest BCUT2D eigenvalue weighted by Crippen LogP contribution is -2.43. The number of benzene rings is 1. The standard InChI is InChI=1S/C23H25FN4O3S2/c1-12(2)25-22(31)26-18(29)11-32-23-27-20-19(14-9-8-13(3)10-17(14)33-20)21(30)28(23)16-7-5-4-6-15(16)24/h4-7,12-13H,8-11H2,1-3H3,(H2,25,26,29,31)/t13-/m0/s1. The number of aryl methyl sites for hydroxylation is 1. The fourth-order valence-electron chi connectivity index (χ4n) is 3.90. The van der Waals surface area contributed by atoms with Gasteiger partial charge in [0.2, 0.25) is 5.91 Å². The smallest absolute Gasteiger partial charge is 0.321 e. The zero-order chi connectivity index (χ0) is 23.7. The zero-order valence-electron chi connectivity index (χ0n) is 18.6. The predicted octanol–water partition coefficient (Wildman–Crippen LogP) is 4.04. The molecule has 2 N–H and O–H groups in total. The number of nitrogens with zero attached hydrogens (tertiary/aromatic N) is 2. The number of amides is 3. The number of hydrogen-bond acceptors (Lipinski definition) is 6. The average Bonchev–Trinajstić information content (AvgIpc) is 3.10. The van der Waals surface area contributed by atoms with Crippen LogP contribution in [0.25, 0.3) is 15.9 Å². The summed E-state index contributed by atoms with van der Waals surface area (Å²) in [6.07, 6.45) is 2.68. The molecule has 1 aliphatic rings. The van der Waals surface area contributed by atoms with E-state index in [2.05, 4.69) is 22.5 Å². The van der Waals surface area contributed by atoms with Gasteiger partial charge in [-0.2, -0.15) is 0 Å². The first-order valence-electron chi connectivity index (χ1n) is 10.8. The number of urea groups is 1. The molecule has 0 fully saturated rings. The van der Waals surface area contributed by atoms with E-state index < -0.39 is 17.8 Å². The van der Waals surface area contributed by atoms with Crippen molar-refractivity contribution in [3.63, 3.8) is 0 Å². The molecule has 1 atom stereocenters. The van der Waals surface area contributed by atoms with Crippen molar-refractivity contribution in [2.45, 2.75) is 51.2 Å². The van der Waals surface area contributed by atoms with Gasteiger partial charge >= 0.3 is 6.03 Å². The Morgan fingerprint density at radius 2 is 2.09 bits per heavy atom. The molecule has 0 saturated carbocycles. The normalized spacial score (nSPS) is 15.5. The van der Waals surface area contributed by atoms with Gasteiger partial charge in [0.05, 0.1) is 16.8 Å². The van der Waals surface area contributed by atoms with Crippen LogP contribution in [0, 0.1) is 11.7 Å². The van der Waals surface area contributed by atoms with Crippen LogP contribution >= 0.6 is 23.1 Å². The summed E-state index contributed by atoms with van der Waals surface area (Å²) in [7, 11) is 0. The lowest BCUT2D eigenvalue weighted by molar-refractivity contribution is -0.117. The maximum absolute atomic E-state index is 14.7. The van der Waals surface area contributed by atoms with Gasteiger partial charge in [0.15, 0.2) is 5.16 Å². The number of imide groups is 1. The van der Waals surface area contributed by atoms with Crippen molar-refractivity contribution in [1.29, 1.82) is 0 Å². The first kappa shape index (κ1) is 23.4. The summed E-state index contributed by atoms with van der Waals surface area (Å²) in [4.78, 5) is 44.2. The Hall–Kier alpha value is -2.72. The number of rotatable bonds is 5. The number of aromatic nitrogens is 2. The molecule has 3 aromatic rings. The van der Waals surface area contributed by atoms with Crippen LogP contribution in [0.3, 0.4) is 0 Å². The molecule has 174 valence electrons. The summed E-state index contributed by atoms with van der Waals surface area (Å²) < 4.78 is 16.0. The molecule has 2 heterocycles. The zero-order valence-corrected chi connectivity index (χ0v) is 20.2. The van der Waals surface area contributed by atoms with E-state index >= 15 is 0 Å². The highest BCUT2D eigenvalue weighted by Gasteiger charge is 2.26. The number of halogens is 1. The third-order valence-corrected chi connectivity index (χ3v) is 7.48. The van der Waals surface area contributed by atoms with Gasteiger partial charge in [0.25, 0.3) is 5.56 Å². The Morgan fingerprint density at radius 1 is 1.33 bits per heavy atom. The lowest BCUT2D eigenvalue weighted by Gasteiger charge is -2.18. The lowest BCUT2D eigenvalue weighted by atomic mass is 9.89.